The van der Waals surface area contributed by atoms with Gasteiger partial charge in [0.25, 0.3) is 0 Å². The zero-order chi connectivity index (χ0) is 23.9. The predicted octanol–water partition coefficient (Wildman–Crippen LogP) is 8.05. The van der Waals surface area contributed by atoms with Crippen LogP contribution in [0.4, 0.5) is 0 Å². The smallest absolute Gasteiger partial charge is 0.303 e. The van der Waals surface area contributed by atoms with E-state index in [-0.39, 0.29) is 16.6 Å². The Morgan fingerprint density at radius 2 is 1.21 bits per heavy atom. The van der Waals surface area contributed by atoms with Crippen LogP contribution >= 0.6 is 11.6 Å². The molecule has 0 spiro atoms. The second kappa shape index (κ2) is 15.6. The number of hydrogen-bond acceptors (Lipinski definition) is 3. The number of halogens is 1. The van der Waals surface area contributed by atoms with Crippen molar-refractivity contribution in [2.24, 2.45) is 0 Å². The second-order valence-corrected chi connectivity index (χ2v) is 9.21. The molecule has 1 aliphatic rings. The van der Waals surface area contributed by atoms with Crippen molar-refractivity contribution >= 4 is 29.1 Å². The van der Waals surface area contributed by atoms with Crippen molar-refractivity contribution in [3.8, 4) is 0 Å². The van der Waals surface area contributed by atoms with E-state index < -0.39 is 5.97 Å². The maximum Gasteiger partial charge on any atom is 0.303 e. The van der Waals surface area contributed by atoms with E-state index in [1.54, 1.807) is 24.3 Å². The fourth-order valence-corrected chi connectivity index (χ4v) is 4.48. The van der Waals surface area contributed by atoms with Gasteiger partial charge in [-0.1, -0.05) is 93.0 Å². The van der Waals surface area contributed by atoms with Crippen LogP contribution in [0.3, 0.4) is 0 Å². The molecule has 0 aliphatic heterocycles. The van der Waals surface area contributed by atoms with E-state index in [1.807, 2.05) is 0 Å². The van der Waals surface area contributed by atoms with Gasteiger partial charge in [-0.05, 0) is 44.9 Å². The summed E-state index contributed by atoms with van der Waals surface area (Å²) in [6.07, 6.45) is 19.6. The number of benzene rings is 1. The number of unbranched alkanes of at least 4 members (excludes halogenated alkanes) is 11. The number of Topliss-reactive ketones (excluding diaryl/α,β-unsaturated/α-hetero) is 2. The van der Waals surface area contributed by atoms with Gasteiger partial charge < -0.3 is 5.11 Å². The molecule has 0 saturated heterocycles. The van der Waals surface area contributed by atoms with Crippen LogP contribution in [0.15, 0.2) is 47.0 Å². The Labute approximate surface area is 203 Å². The molecule has 4 nitrogen and oxygen atoms in total. The van der Waals surface area contributed by atoms with Crippen molar-refractivity contribution in [1.29, 1.82) is 0 Å². The van der Waals surface area contributed by atoms with Gasteiger partial charge in [-0.2, -0.15) is 0 Å². The molecule has 0 amide bonds. The minimum absolute atomic E-state index is 0.0971. The van der Waals surface area contributed by atoms with Crippen molar-refractivity contribution in [3.05, 3.63) is 58.1 Å². The van der Waals surface area contributed by atoms with Crippen molar-refractivity contribution in [2.45, 2.75) is 96.3 Å². The van der Waals surface area contributed by atoms with Gasteiger partial charge in [0.15, 0.2) is 5.78 Å². The molecule has 0 aromatic heterocycles. The Hall–Kier alpha value is -2.20. The number of rotatable bonds is 17. The fourth-order valence-electron chi connectivity index (χ4n) is 4.20. The summed E-state index contributed by atoms with van der Waals surface area (Å²) < 4.78 is 0. The Kier molecular flexibility index (Phi) is 12.8. The van der Waals surface area contributed by atoms with Crippen LogP contribution in [0.2, 0.25) is 0 Å². The van der Waals surface area contributed by atoms with Crippen LogP contribution in [0.5, 0.6) is 0 Å². The highest BCUT2D eigenvalue weighted by molar-refractivity contribution is 6.50. The zero-order valence-electron chi connectivity index (χ0n) is 19.6. The number of ketones is 2. The fraction of sp³-hybridized carbons (Fsp3) is 0.536. The van der Waals surface area contributed by atoms with Gasteiger partial charge in [-0.3, -0.25) is 14.4 Å². The highest BCUT2D eigenvalue weighted by Gasteiger charge is 2.30. The highest BCUT2D eigenvalue weighted by Crippen LogP contribution is 2.31. The quantitative estimate of drug-likeness (QED) is 0.184. The topological polar surface area (TPSA) is 71.4 Å². The van der Waals surface area contributed by atoms with Crippen LogP contribution in [-0.4, -0.2) is 22.6 Å². The summed E-state index contributed by atoms with van der Waals surface area (Å²) in [6.45, 7) is 0. The molecule has 1 N–H and O–H groups in total. The summed E-state index contributed by atoms with van der Waals surface area (Å²) in [4.78, 5) is 35.5. The first-order chi connectivity index (χ1) is 16.0. The molecule has 0 unspecified atom stereocenters. The summed E-state index contributed by atoms with van der Waals surface area (Å²) >= 11 is 6.22. The van der Waals surface area contributed by atoms with Gasteiger partial charge in [0.2, 0.25) is 5.78 Å². The van der Waals surface area contributed by atoms with Gasteiger partial charge in [-0.15, -0.1) is 0 Å². The number of allylic oxidation sites excluding steroid dienone is 4. The largest absolute Gasteiger partial charge is 0.481 e. The first kappa shape index (κ1) is 27.0. The van der Waals surface area contributed by atoms with Gasteiger partial charge in [0, 0.05) is 23.1 Å². The lowest BCUT2D eigenvalue weighted by atomic mass is 9.87. The Morgan fingerprint density at radius 1 is 0.727 bits per heavy atom. The SMILES string of the molecule is O=C(O)CCCCCCCC=CCCCCCCCCC1=C(Cl)C(=O)c2ccccc2C1=O. The van der Waals surface area contributed by atoms with Gasteiger partial charge >= 0.3 is 5.97 Å². The molecule has 0 heterocycles. The normalized spacial score (nSPS) is 13.7. The highest BCUT2D eigenvalue weighted by atomic mass is 35.5. The summed E-state index contributed by atoms with van der Waals surface area (Å²) in [5.41, 5.74) is 1.37. The van der Waals surface area contributed by atoms with E-state index in [1.165, 1.54) is 32.1 Å². The average molecular weight is 473 g/mol. The maximum atomic E-state index is 12.7. The van der Waals surface area contributed by atoms with Crippen LogP contribution in [0.1, 0.15) is 117 Å². The van der Waals surface area contributed by atoms with Crippen LogP contribution in [0.25, 0.3) is 0 Å². The first-order valence-corrected chi connectivity index (χ1v) is 12.8. The molecule has 180 valence electrons. The summed E-state index contributed by atoms with van der Waals surface area (Å²) in [6, 6.07) is 6.91. The molecule has 33 heavy (non-hydrogen) atoms. The number of aliphatic carboxylic acids is 1. The molecule has 0 radical (unpaired) electrons. The molecule has 1 aromatic rings. The lowest BCUT2D eigenvalue weighted by molar-refractivity contribution is -0.137. The average Bonchev–Trinajstić information content (AvgIpc) is 2.81. The molecule has 1 aromatic carbocycles. The standard InChI is InChI=1S/C28H37ClO4/c29-26-24(27(32)22-18-16-17-19-23(22)28(26)33)20-14-12-10-8-6-4-2-1-3-5-7-9-11-13-15-21-25(30)31/h1,3,16-19H,2,4-15,20-21H2,(H,30,31). The van der Waals surface area contributed by atoms with Gasteiger partial charge in [0.05, 0.1) is 5.03 Å². The molecule has 5 heteroatoms. The summed E-state index contributed by atoms with van der Waals surface area (Å²) in [5.74, 6) is -1.02. The third kappa shape index (κ3) is 9.67. The minimum atomic E-state index is -0.694. The Bertz CT molecular complexity index is 853. The molecule has 1 aliphatic carbocycles. The number of carboxylic acid groups (broad SMARTS) is 1. The third-order valence-corrected chi connectivity index (χ3v) is 6.53. The number of carbonyl (C=O) groups excluding carboxylic acids is 2. The summed E-state index contributed by atoms with van der Waals surface area (Å²) in [7, 11) is 0. The molecular weight excluding hydrogens is 436 g/mol. The lowest BCUT2D eigenvalue weighted by Crippen LogP contribution is -2.19. The molecule has 0 fully saturated rings. The monoisotopic (exact) mass is 472 g/mol. The third-order valence-electron chi connectivity index (χ3n) is 6.13. The van der Waals surface area contributed by atoms with E-state index in [0.29, 0.717) is 29.5 Å². The van der Waals surface area contributed by atoms with Crippen molar-refractivity contribution in [1.82, 2.24) is 0 Å². The van der Waals surface area contributed by atoms with E-state index in [2.05, 4.69) is 12.2 Å². The second-order valence-electron chi connectivity index (χ2n) is 8.83. The number of carboxylic acids is 1. The van der Waals surface area contributed by atoms with Gasteiger partial charge in [-0.25, -0.2) is 0 Å². The van der Waals surface area contributed by atoms with Crippen LogP contribution in [-0.2, 0) is 4.79 Å². The number of carbonyl (C=O) groups is 3. The minimum Gasteiger partial charge on any atom is -0.481 e. The molecule has 0 atom stereocenters. The van der Waals surface area contributed by atoms with Crippen LogP contribution in [0, 0.1) is 0 Å². The predicted molar refractivity (Wildman–Crippen MR) is 134 cm³/mol. The lowest BCUT2D eigenvalue weighted by Gasteiger charge is -2.17. The molecule has 0 bridgehead atoms. The van der Waals surface area contributed by atoms with E-state index in [0.717, 1.165) is 51.4 Å². The van der Waals surface area contributed by atoms with E-state index in [4.69, 9.17) is 16.7 Å². The zero-order valence-corrected chi connectivity index (χ0v) is 20.4. The van der Waals surface area contributed by atoms with E-state index >= 15 is 0 Å². The Balaban J connectivity index is 1.46. The number of fused-ring (bicyclic) bond motifs is 1. The van der Waals surface area contributed by atoms with Crippen molar-refractivity contribution < 1.29 is 19.5 Å². The van der Waals surface area contributed by atoms with Crippen molar-refractivity contribution in [3.63, 3.8) is 0 Å². The summed E-state index contributed by atoms with van der Waals surface area (Å²) in [5, 5.41) is 8.69. The van der Waals surface area contributed by atoms with Gasteiger partial charge in [0.1, 0.15) is 0 Å². The number of hydrogen-bond donors (Lipinski definition) is 1. The maximum absolute atomic E-state index is 12.7. The molecule has 2 rings (SSSR count). The first-order valence-electron chi connectivity index (χ1n) is 12.5. The Morgan fingerprint density at radius 3 is 1.79 bits per heavy atom. The molecular formula is C28H37ClO4. The molecule has 0 saturated carbocycles. The van der Waals surface area contributed by atoms with Crippen LogP contribution < -0.4 is 0 Å². The van der Waals surface area contributed by atoms with Crippen molar-refractivity contribution in [2.75, 3.05) is 0 Å². The van der Waals surface area contributed by atoms with E-state index in [9.17, 15) is 14.4 Å².